The third kappa shape index (κ3) is 2.72. The molecule has 0 aliphatic carbocycles. The van der Waals surface area contributed by atoms with Crippen LogP contribution in [-0.4, -0.2) is 30.3 Å². The lowest BCUT2D eigenvalue weighted by Crippen LogP contribution is -2.33. The molecule has 1 aliphatic heterocycles. The number of hydrogen-bond donors (Lipinski definition) is 3. The molecule has 0 radical (unpaired) electrons. The van der Waals surface area contributed by atoms with E-state index in [1.165, 1.54) is 0 Å². The molecule has 2 atom stereocenters. The summed E-state index contributed by atoms with van der Waals surface area (Å²) in [5.41, 5.74) is 12.2. The fraction of sp³-hybridized carbons (Fsp3) is 0.417. The minimum atomic E-state index is -1.05. The van der Waals surface area contributed by atoms with Crippen molar-refractivity contribution in [3.05, 3.63) is 23.8 Å². The highest BCUT2D eigenvalue weighted by molar-refractivity contribution is 5.73. The summed E-state index contributed by atoms with van der Waals surface area (Å²) in [5.74, 6) is 0.265. The van der Waals surface area contributed by atoms with Crippen LogP contribution >= 0.6 is 0 Å². The Hall–Kier alpha value is -1.79. The molecule has 2 rings (SSSR count). The second-order valence-corrected chi connectivity index (χ2v) is 4.19. The fourth-order valence-corrected chi connectivity index (χ4v) is 1.80. The highest BCUT2D eigenvalue weighted by Crippen LogP contribution is 2.32. The van der Waals surface area contributed by atoms with E-state index in [1.807, 2.05) is 0 Å². The van der Waals surface area contributed by atoms with E-state index in [0.29, 0.717) is 24.7 Å². The van der Waals surface area contributed by atoms with Crippen LogP contribution in [0.4, 0.5) is 0 Å². The molecule has 0 saturated carbocycles. The molecule has 0 bridgehead atoms. The fourth-order valence-electron chi connectivity index (χ4n) is 1.80. The van der Waals surface area contributed by atoms with Gasteiger partial charge in [0.15, 0.2) is 11.5 Å². The first kappa shape index (κ1) is 12.7. The van der Waals surface area contributed by atoms with Gasteiger partial charge in [0.2, 0.25) is 0 Å². The Balaban J connectivity index is 2.11. The smallest absolute Gasteiger partial charge is 0.320 e. The number of aliphatic carboxylic acids is 1. The van der Waals surface area contributed by atoms with Crippen LogP contribution < -0.4 is 20.9 Å². The highest BCUT2D eigenvalue weighted by atomic mass is 16.6. The molecule has 5 N–H and O–H groups in total. The molecule has 0 fully saturated rings. The van der Waals surface area contributed by atoms with Crippen LogP contribution in [0.25, 0.3) is 0 Å². The van der Waals surface area contributed by atoms with Crippen molar-refractivity contribution >= 4 is 5.97 Å². The summed E-state index contributed by atoms with van der Waals surface area (Å²) >= 11 is 0. The zero-order valence-electron chi connectivity index (χ0n) is 9.83. The van der Waals surface area contributed by atoms with Gasteiger partial charge in [-0.2, -0.15) is 0 Å². The van der Waals surface area contributed by atoms with Crippen LogP contribution in [0.5, 0.6) is 11.5 Å². The van der Waals surface area contributed by atoms with Crippen molar-refractivity contribution in [3.8, 4) is 11.5 Å². The summed E-state index contributed by atoms with van der Waals surface area (Å²) in [6.07, 6.45) is 0.176. The van der Waals surface area contributed by atoms with Gasteiger partial charge in [0.05, 0.1) is 0 Å². The summed E-state index contributed by atoms with van der Waals surface area (Å²) in [7, 11) is 0. The van der Waals surface area contributed by atoms with Gasteiger partial charge >= 0.3 is 5.97 Å². The Bertz CT molecular complexity index is 450. The average Bonchev–Trinajstić information content (AvgIpc) is 2.37. The quantitative estimate of drug-likeness (QED) is 0.709. The van der Waals surface area contributed by atoms with Crippen molar-refractivity contribution in [2.75, 3.05) is 13.2 Å². The summed E-state index contributed by atoms with van der Waals surface area (Å²) in [6.45, 7) is 1.03. The normalized spacial score (nSPS) is 17.0. The third-order valence-electron chi connectivity index (χ3n) is 2.82. The number of fused-ring (bicyclic) bond motifs is 1. The summed E-state index contributed by atoms with van der Waals surface area (Å²) in [6, 6.07) is 3.94. The zero-order valence-corrected chi connectivity index (χ0v) is 9.83. The van der Waals surface area contributed by atoms with Gasteiger partial charge in [-0.3, -0.25) is 4.79 Å². The molecule has 98 valence electrons. The predicted molar refractivity (Wildman–Crippen MR) is 64.6 cm³/mol. The first-order chi connectivity index (χ1) is 8.58. The number of ether oxygens (including phenoxy) is 2. The van der Waals surface area contributed by atoms with Crippen LogP contribution in [0.3, 0.4) is 0 Å². The van der Waals surface area contributed by atoms with Crippen LogP contribution in [0, 0.1) is 0 Å². The molecular formula is C12H16N2O4. The minimum Gasteiger partial charge on any atom is -0.486 e. The molecule has 1 aromatic rings. The number of benzene rings is 1. The molecular weight excluding hydrogens is 236 g/mol. The second-order valence-electron chi connectivity index (χ2n) is 4.19. The van der Waals surface area contributed by atoms with Crippen LogP contribution in [0.1, 0.15) is 18.0 Å². The number of carboxylic acid groups (broad SMARTS) is 1. The Kier molecular flexibility index (Phi) is 3.69. The van der Waals surface area contributed by atoms with Gasteiger partial charge in [0.1, 0.15) is 19.3 Å². The Morgan fingerprint density at radius 1 is 1.28 bits per heavy atom. The van der Waals surface area contributed by atoms with Crippen molar-refractivity contribution in [3.63, 3.8) is 0 Å². The van der Waals surface area contributed by atoms with E-state index in [-0.39, 0.29) is 6.42 Å². The van der Waals surface area contributed by atoms with Crippen molar-refractivity contribution in [2.45, 2.75) is 18.5 Å². The molecule has 6 nitrogen and oxygen atoms in total. The first-order valence-corrected chi connectivity index (χ1v) is 5.71. The SMILES string of the molecule is NC(CC(N)c1ccc2c(c1)OCCO2)C(=O)O. The van der Waals surface area contributed by atoms with E-state index in [9.17, 15) is 4.79 Å². The Morgan fingerprint density at radius 2 is 1.94 bits per heavy atom. The van der Waals surface area contributed by atoms with Gasteiger partial charge in [-0.1, -0.05) is 6.07 Å². The van der Waals surface area contributed by atoms with Crippen LogP contribution in [-0.2, 0) is 4.79 Å². The summed E-state index contributed by atoms with van der Waals surface area (Å²) < 4.78 is 10.8. The number of rotatable bonds is 4. The monoisotopic (exact) mass is 252 g/mol. The Morgan fingerprint density at radius 3 is 2.61 bits per heavy atom. The largest absolute Gasteiger partial charge is 0.486 e. The maximum atomic E-state index is 10.7. The van der Waals surface area contributed by atoms with Gasteiger partial charge in [0, 0.05) is 6.04 Å². The standard InChI is InChI=1S/C12H16N2O4/c13-8(6-9(14)12(15)16)7-1-2-10-11(5-7)18-4-3-17-10/h1-2,5,8-9H,3-4,6,13-14H2,(H,15,16). The maximum Gasteiger partial charge on any atom is 0.320 e. The molecule has 0 aromatic heterocycles. The lowest BCUT2D eigenvalue weighted by Gasteiger charge is -2.21. The van der Waals surface area contributed by atoms with E-state index in [2.05, 4.69) is 0 Å². The van der Waals surface area contributed by atoms with Crippen molar-refractivity contribution in [2.24, 2.45) is 11.5 Å². The molecule has 0 saturated heterocycles. The lowest BCUT2D eigenvalue weighted by atomic mass is 10.00. The maximum absolute atomic E-state index is 10.7. The summed E-state index contributed by atoms with van der Waals surface area (Å²) in [5, 5.41) is 8.74. The number of nitrogens with two attached hydrogens (primary N) is 2. The van der Waals surface area contributed by atoms with E-state index in [4.69, 9.17) is 26.0 Å². The van der Waals surface area contributed by atoms with E-state index in [0.717, 1.165) is 5.56 Å². The number of carboxylic acids is 1. The van der Waals surface area contributed by atoms with E-state index >= 15 is 0 Å². The van der Waals surface area contributed by atoms with Gasteiger partial charge in [-0.25, -0.2) is 0 Å². The average molecular weight is 252 g/mol. The van der Waals surface area contributed by atoms with Gasteiger partial charge in [-0.15, -0.1) is 0 Å². The highest BCUT2D eigenvalue weighted by Gasteiger charge is 2.19. The second kappa shape index (κ2) is 5.24. The van der Waals surface area contributed by atoms with Crippen molar-refractivity contribution in [1.82, 2.24) is 0 Å². The van der Waals surface area contributed by atoms with Crippen LogP contribution in [0.15, 0.2) is 18.2 Å². The van der Waals surface area contributed by atoms with Crippen molar-refractivity contribution < 1.29 is 19.4 Å². The van der Waals surface area contributed by atoms with Gasteiger partial charge < -0.3 is 26.0 Å². The molecule has 6 heteroatoms. The molecule has 1 aliphatic rings. The zero-order chi connectivity index (χ0) is 13.1. The van der Waals surface area contributed by atoms with Crippen LogP contribution in [0.2, 0.25) is 0 Å². The molecule has 18 heavy (non-hydrogen) atoms. The predicted octanol–water partition coefficient (Wildman–Crippen LogP) is 0.260. The topological polar surface area (TPSA) is 108 Å². The van der Waals surface area contributed by atoms with Gasteiger partial charge in [-0.05, 0) is 24.1 Å². The first-order valence-electron chi connectivity index (χ1n) is 5.71. The molecule has 0 spiro atoms. The molecule has 1 aromatic carbocycles. The Labute approximate surface area is 104 Å². The lowest BCUT2D eigenvalue weighted by molar-refractivity contribution is -0.138. The van der Waals surface area contributed by atoms with Crippen molar-refractivity contribution in [1.29, 1.82) is 0 Å². The minimum absolute atomic E-state index is 0.176. The summed E-state index contributed by atoms with van der Waals surface area (Å²) in [4.78, 5) is 10.7. The third-order valence-corrected chi connectivity index (χ3v) is 2.82. The molecule has 1 heterocycles. The molecule has 2 unspecified atom stereocenters. The number of hydrogen-bond acceptors (Lipinski definition) is 5. The molecule has 0 amide bonds. The number of carbonyl (C=O) groups is 1. The van der Waals surface area contributed by atoms with E-state index < -0.39 is 18.1 Å². The van der Waals surface area contributed by atoms with Gasteiger partial charge in [0.25, 0.3) is 0 Å². The van der Waals surface area contributed by atoms with E-state index in [1.54, 1.807) is 18.2 Å².